The van der Waals surface area contributed by atoms with Crippen LogP contribution in [0.1, 0.15) is 0 Å². The third kappa shape index (κ3) is 1.77. The molecule has 0 aliphatic rings. The molecule has 0 amide bonds. The minimum atomic E-state index is 0.699. The molecule has 0 saturated carbocycles. The third-order valence-corrected chi connectivity index (χ3v) is 4.47. The zero-order chi connectivity index (χ0) is 16.1. The first-order valence-electron chi connectivity index (χ1n) is 7.34. The van der Waals surface area contributed by atoms with Crippen molar-refractivity contribution in [2.24, 2.45) is 0 Å². The van der Waals surface area contributed by atoms with E-state index in [1.807, 2.05) is 51.6 Å². The van der Waals surface area contributed by atoms with Crippen molar-refractivity contribution in [3.8, 4) is 11.4 Å². The van der Waals surface area contributed by atoms with Gasteiger partial charge in [-0.2, -0.15) is 9.50 Å². The van der Waals surface area contributed by atoms with E-state index in [4.69, 9.17) is 0 Å². The summed E-state index contributed by atoms with van der Waals surface area (Å²) < 4.78 is 3.80. The summed E-state index contributed by atoms with van der Waals surface area (Å²) in [6, 6.07) is 11.8. The SMILES string of the molecule is CSc1nc2n(n1)c1ccccc1c1nnc(-c3ccncc3)n12. The highest BCUT2D eigenvalue weighted by molar-refractivity contribution is 7.98. The third-order valence-electron chi connectivity index (χ3n) is 3.93. The average Bonchev–Trinajstić information content (AvgIpc) is 3.27. The number of fused-ring (bicyclic) bond motifs is 6. The van der Waals surface area contributed by atoms with Gasteiger partial charge >= 0.3 is 0 Å². The van der Waals surface area contributed by atoms with Gasteiger partial charge in [-0.05, 0) is 30.5 Å². The molecule has 24 heavy (non-hydrogen) atoms. The number of para-hydroxylation sites is 1. The van der Waals surface area contributed by atoms with Gasteiger partial charge < -0.3 is 0 Å². The maximum absolute atomic E-state index is 4.65. The summed E-state index contributed by atoms with van der Waals surface area (Å²) in [5.41, 5.74) is 2.66. The van der Waals surface area contributed by atoms with Gasteiger partial charge in [-0.25, -0.2) is 4.40 Å². The van der Waals surface area contributed by atoms with Gasteiger partial charge in [0.1, 0.15) is 0 Å². The molecule has 4 heterocycles. The fourth-order valence-corrected chi connectivity index (χ4v) is 3.20. The van der Waals surface area contributed by atoms with Crippen molar-refractivity contribution in [1.82, 2.24) is 34.2 Å². The largest absolute Gasteiger partial charge is 0.265 e. The lowest BCUT2D eigenvalue weighted by Crippen LogP contribution is -2.00. The number of thioether (sulfide) groups is 1. The van der Waals surface area contributed by atoms with Gasteiger partial charge in [0, 0.05) is 23.3 Å². The van der Waals surface area contributed by atoms with Crippen LogP contribution < -0.4 is 0 Å². The number of nitrogens with zero attached hydrogens (tertiary/aromatic N) is 7. The van der Waals surface area contributed by atoms with E-state index in [1.54, 1.807) is 12.4 Å². The normalized spacial score (nSPS) is 11.7. The van der Waals surface area contributed by atoms with Crippen LogP contribution in [0.2, 0.25) is 0 Å². The molecule has 5 rings (SSSR count). The predicted octanol–water partition coefficient (Wildman–Crippen LogP) is 2.71. The highest BCUT2D eigenvalue weighted by Gasteiger charge is 2.18. The van der Waals surface area contributed by atoms with Crippen LogP contribution in [-0.4, -0.2) is 40.4 Å². The number of benzene rings is 1. The molecule has 4 aromatic heterocycles. The molecule has 0 aliphatic carbocycles. The maximum atomic E-state index is 4.65. The van der Waals surface area contributed by atoms with Crippen molar-refractivity contribution in [1.29, 1.82) is 0 Å². The van der Waals surface area contributed by atoms with Crippen LogP contribution >= 0.6 is 11.8 Å². The van der Waals surface area contributed by atoms with Gasteiger partial charge in [-0.1, -0.05) is 23.9 Å². The minimum absolute atomic E-state index is 0.699. The molecular weight excluding hydrogens is 322 g/mol. The van der Waals surface area contributed by atoms with E-state index in [9.17, 15) is 0 Å². The van der Waals surface area contributed by atoms with Crippen molar-refractivity contribution in [2.75, 3.05) is 6.26 Å². The minimum Gasteiger partial charge on any atom is -0.265 e. The van der Waals surface area contributed by atoms with Crippen LogP contribution in [0.25, 0.3) is 33.7 Å². The number of rotatable bonds is 2. The van der Waals surface area contributed by atoms with E-state index in [1.165, 1.54) is 11.8 Å². The molecule has 7 nitrogen and oxygen atoms in total. The molecule has 0 saturated heterocycles. The summed E-state index contributed by atoms with van der Waals surface area (Å²) in [6.07, 6.45) is 5.45. The molecule has 0 atom stereocenters. The van der Waals surface area contributed by atoms with E-state index in [2.05, 4.69) is 25.3 Å². The lowest BCUT2D eigenvalue weighted by Gasteiger charge is -2.05. The highest BCUT2D eigenvalue weighted by Crippen LogP contribution is 2.26. The summed E-state index contributed by atoms with van der Waals surface area (Å²) >= 11 is 1.51. The van der Waals surface area contributed by atoms with Gasteiger partial charge in [0.15, 0.2) is 11.5 Å². The first kappa shape index (κ1) is 13.4. The van der Waals surface area contributed by atoms with Crippen molar-refractivity contribution in [3.63, 3.8) is 0 Å². The first-order valence-corrected chi connectivity index (χ1v) is 8.56. The summed E-state index contributed by atoms with van der Waals surface area (Å²) in [7, 11) is 0. The van der Waals surface area contributed by atoms with Crippen LogP contribution in [0, 0.1) is 0 Å². The molecule has 0 N–H and O–H groups in total. The van der Waals surface area contributed by atoms with Gasteiger partial charge in [-0.15, -0.1) is 15.3 Å². The van der Waals surface area contributed by atoms with Crippen LogP contribution in [0.5, 0.6) is 0 Å². The fourth-order valence-electron chi connectivity index (χ4n) is 2.86. The molecule has 1 aromatic carbocycles. The number of hydrogen-bond acceptors (Lipinski definition) is 6. The fraction of sp³-hybridized carbons (Fsp3) is 0.0625. The maximum Gasteiger partial charge on any atom is 0.241 e. The lowest BCUT2D eigenvalue weighted by molar-refractivity contribution is 0.908. The molecule has 0 unspecified atom stereocenters. The van der Waals surface area contributed by atoms with Gasteiger partial charge in [0.25, 0.3) is 0 Å². The van der Waals surface area contributed by atoms with Crippen molar-refractivity contribution < 1.29 is 0 Å². The summed E-state index contributed by atoms with van der Waals surface area (Å²) in [5, 5.41) is 15.1. The second-order valence-corrected chi connectivity index (χ2v) is 6.02. The van der Waals surface area contributed by atoms with E-state index in [0.717, 1.165) is 27.9 Å². The highest BCUT2D eigenvalue weighted by atomic mass is 32.2. The molecule has 0 aliphatic heterocycles. The predicted molar refractivity (Wildman–Crippen MR) is 92.0 cm³/mol. The van der Waals surface area contributed by atoms with E-state index < -0.39 is 0 Å². The van der Waals surface area contributed by atoms with Crippen LogP contribution in [0.3, 0.4) is 0 Å². The lowest BCUT2D eigenvalue weighted by atomic mass is 10.2. The zero-order valence-electron chi connectivity index (χ0n) is 12.7. The Morgan fingerprint density at radius 1 is 1.00 bits per heavy atom. The quantitative estimate of drug-likeness (QED) is 0.463. The number of hydrogen-bond donors (Lipinski definition) is 0. The average molecular weight is 333 g/mol. The van der Waals surface area contributed by atoms with Crippen LogP contribution in [0.15, 0.2) is 53.9 Å². The summed E-state index contributed by atoms with van der Waals surface area (Å²) in [4.78, 5) is 8.72. The first-order chi connectivity index (χ1) is 11.9. The molecular formula is C16H11N7S. The Kier molecular flexibility index (Phi) is 2.80. The standard InChI is InChI=1S/C16H11N7S/c1-24-15-18-16-22-13(10-6-8-17-9-7-10)19-20-14(22)11-4-2-3-5-12(11)23(16)21-15/h2-9H,1H3. The summed E-state index contributed by atoms with van der Waals surface area (Å²) in [5.74, 6) is 1.42. The van der Waals surface area contributed by atoms with Crippen LogP contribution in [-0.2, 0) is 0 Å². The van der Waals surface area contributed by atoms with Crippen molar-refractivity contribution >= 4 is 34.1 Å². The second kappa shape index (κ2) is 5.00. The second-order valence-electron chi connectivity index (χ2n) is 5.25. The molecule has 5 aromatic rings. The molecule has 8 heteroatoms. The summed E-state index contributed by atoms with van der Waals surface area (Å²) in [6.45, 7) is 0. The Morgan fingerprint density at radius 3 is 2.67 bits per heavy atom. The number of aromatic nitrogens is 7. The Bertz CT molecular complexity index is 1190. The van der Waals surface area contributed by atoms with E-state index in [-0.39, 0.29) is 0 Å². The molecule has 0 spiro atoms. The Balaban J connectivity index is 2.02. The van der Waals surface area contributed by atoms with E-state index >= 15 is 0 Å². The molecule has 116 valence electrons. The van der Waals surface area contributed by atoms with Gasteiger partial charge in [-0.3, -0.25) is 4.98 Å². The Morgan fingerprint density at radius 2 is 1.83 bits per heavy atom. The Hall–Kier alpha value is -3.00. The molecule has 0 fully saturated rings. The molecule has 0 radical (unpaired) electrons. The smallest absolute Gasteiger partial charge is 0.241 e. The number of pyridine rings is 1. The topological polar surface area (TPSA) is 73.3 Å². The van der Waals surface area contributed by atoms with Crippen molar-refractivity contribution in [3.05, 3.63) is 48.8 Å². The monoisotopic (exact) mass is 333 g/mol. The van der Waals surface area contributed by atoms with Crippen LogP contribution in [0.4, 0.5) is 0 Å². The van der Waals surface area contributed by atoms with E-state index in [0.29, 0.717) is 10.9 Å². The molecule has 0 bridgehead atoms. The van der Waals surface area contributed by atoms with Crippen molar-refractivity contribution in [2.45, 2.75) is 5.16 Å². The van der Waals surface area contributed by atoms with Gasteiger partial charge in [0.2, 0.25) is 10.9 Å². The Labute approximate surface area is 140 Å². The van der Waals surface area contributed by atoms with Gasteiger partial charge in [0.05, 0.1) is 5.52 Å². The zero-order valence-corrected chi connectivity index (χ0v) is 13.5.